The van der Waals surface area contributed by atoms with Gasteiger partial charge in [0.2, 0.25) is 0 Å². The number of methoxy groups -OCH3 is 1. The van der Waals surface area contributed by atoms with Crippen LogP contribution in [0, 0.1) is 11.6 Å². The summed E-state index contributed by atoms with van der Waals surface area (Å²) in [6.45, 7) is 0.785. The Bertz CT molecular complexity index is 933. The third-order valence-corrected chi connectivity index (χ3v) is 5.37. The highest BCUT2D eigenvalue weighted by Gasteiger charge is 2.28. The van der Waals surface area contributed by atoms with Gasteiger partial charge in [-0.25, -0.2) is 8.78 Å². The van der Waals surface area contributed by atoms with Crippen LogP contribution in [0.2, 0.25) is 0 Å². The molecule has 1 aliphatic rings. The molecule has 0 N–H and O–H groups in total. The lowest BCUT2D eigenvalue weighted by Gasteiger charge is -2.12. The highest BCUT2D eigenvalue weighted by atomic mass is 32.1. The number of rotatable bonds is 4. The Morgan fingerprint density at radius 2 is 1.84 bits per heavy atom. The molecule has 1 aromatic heterocycles. The molecule has 5 heteroatoms. The number of hydrogen-bond acceptors (Lipinski definition) is 3. The molecule has 0 saturated carbocycles. The topological polar surface area (TPSA) is 18.5 Å². The summed E-state index contributed by atoms with van der Waals surface area (Å²) in [7, 11) is 1.60. The molecule has 0 fully saturated rings. The van der Waals surface area contributed by atoms with Crippen LogP contribution in [-0.2, 0) is 11.2 Å². The van der Waals surface area contributed by atoms with E-state index in [1.165, 1.54) is 17.4 Å². The predicted molar refractivity (Wildman–Crippen MR) is 95.3 cm³/mol. The first-order valence-electron chi connectivity index (χ1n) is 7.99. The number of fused-ring (bicyclic) bond motifs is 5. The van der Waals surface area contributed by atoms with E-state index in [0.29, 0.717) is 36.5 Å². The maximum atomic E-state index is 14.8. The minimum atomic E-state index is -0.843. The standard InChI is InChI=1S/C20H16F2O2S/c1-23-8-9-24-16-11-25-20-14-5-3-2-4-12(14)10-13-6-7-15(21)19(22)17(13)18(16)20/h2-7,11H,8-10H2,1H3. The summed E-state index contributed by atoms with van der Waals surface area (Å²) in [5, 5.41) is 1.86. The van der Waals surface area contributed by atoms with Gasteiger partial charge in [0.25, 0.3) is 0 Å². The molecule has 0 unspecified atom stereocenters. The SMILES string of the molecule is COCCOc1csc2c1-c1c(ccc(F)c1F)Cc1ccccc1-2. The first-order chi connectivity index (χ1) is 12.2. The van der Waals surface area contributed by atoms with Crippen LogP contribution >= 0.6 is 11.3 Å². The first-order valence-corrected chi connectivity index (χ1v) is 8.87. The van der Waals surface area contributed by atoms with Crippen LogP contribution in [0.1, 0.15) is 11.1 Å². The third kappa shape index (κ3) is 2.73. The fraction of sp³-hybridized carbons (Fsp3) is 0.200. The van der Waals surface area contributed by atoms with Crippen LogP contribution in [0.25, 0.3) is 21.6 Å². The Labute approximate surface area is 148 Å². The van der Waals surface area contributed by atoms with Gasteiger partial charge < -0.3 is 9.47 Å². The number of ether oxygens (including phenoxy) is 2. The van der Waals surface area contributed by atoms with Crippen molar-refractivity contribution in [2.45, 2.75) is 6.42 Å². The highest BCUT2D eigenvalue weighted by molar-refractivity contribution is 7.14. The van der Waals surface area contributed by atoms with Crippen LogP contribution in [0.15, 0.2) is 41.8 Å². The molecule has 0 amide bonds. The fourth-order valence-electron chi connectivity index (χ4n) is 3.23. The van der Waals surface area contributed by atoms with Gasteiger partial charge in [-0.05, 0) is 29.2 Å². The molecule has 0 aliphatic heterocycles. The van der Waals surface area contributed by atoms with Crippen LogP contribution in [0.4, 0.5) is 8.78 Å². The van der Waals surface area contributed by atoms with E-state index in [0.717, 1.165) is 21.6 Å². The van der Waals surface area contributed by atoms with Crippen LogP contribution < -0.4 is 4.74 Å². The summed E-state index contributed by atoms with van der Waals surface area (Å²) in [4.78, 5) is 0.909. The molecule has 0 radical (unpaired) electrons. The predicted octanol–water partition coefficient (Wildman–Crippen LogP) is 5.29. The van der Waals surface area contributed by atoms with Crippen molar-refractivity contribution in [1.29, 1.82) is 0 Å². The van der Waals surface area contributed by atoms with E-state index < -0.39 is 11.6 Å². The fourth-order valence-corrected chi connectivity index (χ4v) is 4.29. The van der Waals surface area contributed by atoms with Crippen LogP contribution in [0.5, 0.6) is 5.75 Å². The van der Waals surface area contributed by atoms with Gasteiger partial charge in [-0.15, -0.1) is 11.3 Å². The zero-order chi connectivity index (χ0) is 17.4. The molecule has 1 heterocycles. The second-order valence-electron chi connectivity index (χ2n) is 5.87. The minimum Gasteiger partial charge on any atom is -0.490 e. The van der Waals surface area contributed by atoms with Gasteiger partial charge in [-0.1, -0.05) is 30.3 Å². The molecule has 0 bridgehead atoms. The van der Waals surface area contributed by atoms with Crippen molar-refractivity contribution in [3.8, 4) is 27.3 Å². The van der Waals surface area contributed by atoms with Gasteiger partial charge in [0.1, 0.15) is 12.4 Å². The second kappa shape index (κ2) is 6.58. The molecule has 25 heavy (non-hydrogen) atoms. The maximum absolute atomic E-state index is 14.8. The van der Waals surface area contributed by atoms with Gasteiger partial charge in [-0.2, -0.15) is 0 Å². The summed E-state index contributed by atoms with van der Waals surface area (Å²) in [6, 6.07) is 10.8. The van der Waals surface area contributed by atoms with Gasteiger partial charge in [0, 0.05) is 28.5 Å². The zero-order valence-electron chi connectivity index (χ0n) is 13.6. The molecule has 3 aromatic rings. The zero-order valence-corrected chi connectivity index (χ0v) is 14.5. The molecule has 2 aromatic carbocycles. The molecular weight excluding hydrogens is 342 g/mol. The Hall–Kier alpha value is -2.24. The van der Waals surface area contributed by atoms with Gasteiger partial charge >= 0.3 is 0 Å². The van der Waals surface area contributed by atoms with Crippen LogP contribution in [-0.4, -0.2) is 20.3 Å². The average molecular weight is 358 g/mol. The van der Waals surface area contributed by atoms with E-state index in [4.69, 9.17) is 9.47 Å². The van der Waals surface area contributed by atoms with Gasteiger partial charge in [0.05, 0.1) is 6.61 Å². The van der Waals surface area contributed by atoms with Crippen molar-refractivity contribution in [3.05, 3.63) is 64.5 Å². The highest BCUT2D eigenvalue weighted by Crippen LogP contribution is 2.50. The second-order valence-corrected chi connectivity index (χ2v) is 6.75. The average Bonchev–Trinajstić information content (AvgIpc) is 2.96. The van der Waals surface area contributed by atoms with E-state index in [-0.39, 0.29) is 0 Å². The Kier molecular flexibility index (Phi) is 4.27. The quantitative estimate of drug-likeness (QED) is 0.462. The Morgan fingerprint density at radius 1 is 1.00 bits per heavy atom. The van der Waals surface area contributed by atoms with Crippen molar-refractivity contribution in [2.75, 3.05) is 20.3 Å². The van der Waals surface area contributed by atoms with Crippen molar-refractivity contribution in [3.63, 3.8) is 0 Å². The van der Waals surface area contributed by atoms with Crippen molar-refractivity contribution in [1.82, 2.24) is 0 Å². The molecule has 1 aliphatic carbocycles. The lowest BCUT2D eigenvalue weighted by Crippen LogP contribution is -2.05. The summed E-state index contributed by atoms with van der Waals surface area (Å²) in [6.07, 6.45) is 0.557. The molecule has 0 saturated heterocycles. The normalized spacial score (nSPS) is 12.1. The van der Waals surface area contributed by atoms with E-state index in [1.807, 2.05) is 29.6 Å². The van der Waals surface area contributed by atoms with Crippen molar-refractivity contribution >= 4 is 11.3 Å². The van der Waals surface area contributed by atoms with E-state index in [9.17, 15) is 8.78 Å². The molecule has 4 rings (SSSR count). The summed E-state index contributed by atoms with van der Waals surface area (Å²) >= 11 is 1.49. The summed E-state index contributed by atoms with van der Waals surface area (Å²) < 4.78 is 39.6. The summed E-state index contributed by atoms with van der Waals surface area (Å²) in [5.41, 5.74) is 3.84. The van der Waals surface area contributed by atoms with E-state index in [2.05, 4.69) is 0 Å². The molecule has 0 spiro atoms. The van der Waals surface area contributed by atoms with E-state index in [1.54, 1.807) is 13.2 Å². The first kappa shape index (κ1) is 16.2. The van der Waals surface area contributed by atoms with Crippen LogP contribution in [0.3, 0.4) is 0 Å². The summed E-state index contributed by atoms with van der Waals surface area (Å²) in [5.74, 6) is -1.09. The largest absolute Gasteiger partial charge is 0.490 e. The molecule has 0 atom stereocenters. The number of benzene rings is 2. The monoisotopic (exact) mass is 358 g/mol. The molecule has 2 nitrogen and oxygen atoms in total. The lowest BCUT2D eigenvalue weighted by atomic mass is 9.97. The molecular formula is C20H16F2O2S. The van der Waals surface area contributed by atoms with Crippen molar-refractivity contribution in [2.24, 2.45) is 0 Å². The number of halogens is 2. The Morgan fingerprint density at radius 3 is 2.68 bits per heavy atom. The smallest absolute Gasteiger partial charge is 0.167 e. The number of thiophene rings is 1. The minimum absolute atomic E-state index is 0.305. The Balaban J connectivity index is 1.97. The molecule has 128 valence electrons. The van der Waals surface area contributed by atoms with Gasteiger partial charge in [-0.3, -0.25) is 0 Å². The number of hydrogen-bond donors (Lipinski definition) is 0. The lowest BCUT2D eigenvalue weighted by molar-refractivity contribution is 0.147. The van der Waals surface area contributed by atoms with Gasteiger partial charge in [0.15, 0.2) is 11.6 Å². The van der Waals surface area contributed by atoms with Crippen molar-refractivity contribution < 1.29 is 18.3 Å². The maximum Gasteiger partial charge on any atom is 0.167 e. The third-order valence-electron chi connectivity index (χ3n) is 4.38. The van der Waals surface area contributed by atoms with E-state index >= 15 is 0 Å².